The van der Waals surface area contributed by atoms with Gasteiger partial charge in [0.2, 0.25) is 0 Å². The minimum atomic E-state index is -0.378. The van der Waals surface area contributed by atoms with Crippen LogP contribution in [0.1, 0.15) is 13.3 Å². The summed E-state index contributed by atoms with van der Waals surface area (Å²) in [4.78, 5) is 30.6. The molecule has 0 bridgehead atoms. The second kappa shape index (κ2) is 7.80. The van der Waals surface area contributed by atoms with E-state index in [9.17, 15) is 9.59 Å². The Hall–Kier alpha value is -2.86. The number of imidazole rings is 1. The number of allylic oxidation sites excluding steroid dienone is 2. The molecule has 0 N–H and O–H groups in total. The lowest BCUT2D eigenvalue weighted by Crippen LogP contribution is -2.40. The zero-order valence-corrected chi connectivity index (χ0v) is 15.9. The van der Waals surface area contributed by atoms with Crippen molar-refractivity contribution in [3.05, 3.63) is 75.4 Å². The van der Waals surface area contributed by atoms with Crippen LogP contribution in [0.15, 0.2) is 59.2 Å². The van der Waals surface area contributed by atoms with Crippen molar-refractivity contribution in [1.82, 2.24) is 18.7 Å². The van der Waals surface area contributed by atoms with Gasteiger partial charge >= 0.3 is 5.69 Å². The second-order valence-electron chi connectivity index (χ2n) is 6.15. The summed E-state index contributed by atoms with van der Waals surface area (Å²) in [6.45, 7) is 10.4. The second-order valence-corrected chi connectivity index (χ2v) is 6.59. The molecule has 1 aromatic carbocycles. The Morgan fingerprint density at radius 2 is 1.67 bits per heavy atom. The smallest absolute Gasteiger partial charge is 0.314 e. The third-order valence-corrected chi connectivity index (χ3v) is 4.54. The van der Waals surface area contributed by atoms with E-state index in [1.54, 1.807) is 33.4 Å². The Morgan fingerprint density at radius 1 is 1.04 bits per heavy atom. The minimum Gasteiger partial charge on any atom is -0.314 e. The maximum atomic E-state index is 13.1. The summed E-state index contributed by atoms with van der Waals surface area (Å²) in [6, 6.07) is 7.22. The zero-order chi connectivity index (χ0) is 19.6. The van der Waals surface area contributed by atoms with Crippen LogP contribution in [0.5, 0.6) is 0 Å². The summed E-state index contributed by atoms with van der Waals surface area (Å²) in [5.74, 6) is 0.597. The molecule has 140 valence electrons. The van der Waals surface area contributed by atoms with Crippen LogP contribution in [0, 0.1) is 0 Å². The molecule has 0 atom stereocenters. The summed E-state index contributed by atoms with van der Waals surface area (Å²) in [6.07, 6.45) is 3.98. The fraction of sp³-hybridized carbons (Fsp3) is 0.250. The van der Waals surface area contributed by atoms with Crippen molar-refractivity contribution < 1.29 is 0 Å². The third kappa shape index (κ3) is 3.28. The Balaban J connectivity index is 2.45. The van der Waals surface area contributed by atoms with Crippen LogP contribution < -0.4 is 11.2 Å². The largest absolute Gasteiger partial charge is 0.333 e. The molecule has 0 fully saturated rings. The minimum absolute atomic E-state index is 0.146. The normalized spacial score (nSPS) is 11.0. The van der Waals surface area contributed by atoms with Gasteiger partial charge in [-0.2, -0.15) is 0 Å². The first kappa shape index (κ1) is 18.9. The predicted molar refractivity (Wildman–Crippen MR) is 109 cm³/mol. The summed E-state index contributed by atoms with van der Waals surface area (Å²) >= 11 is 6.00. The number of aryl methyl sites for hydroxylation is 1. The van der Waals surface area contributed by atoms with Gasteiger partial charge in [-0.15, -0.1) is 13.2 Å². The van der Waals surface area contributed by atoms with Crippen molar-refractivity contribution in [2.75, 3.05) is 0 Å². The average Bonchev–Trinajstić information content (AvgIpc) is 3.02. The summed E-state index contributed by atoms with van der Waals surface area (Å²) in [5, 5.41) is 0.612. The van der Waals surface area contributed by atoms with Gasteiger partial charge in [0.15, 0.2) is 11.2 Å². The van der Waals surface area contributed by atoms with Gasteiger partial charge in [0.1, 0.15) is 5.82 Å². The van der Waals surface area contributed by atoms with Gasteiger partial charge in [0.05, 0.1) is 0 Å². The summed E-state index contributed by atoms with van der Waals surface area (Å²) in [7, 11) is 0. The lowest BCUT2D eigenvalue weighted by atomic mass is 10.2. The van der Waals surface area contributed by atoms with Crippen LogP contribution >= 0.6 is 11.6 Å². The van der Waals surface area contributed by atoms with E-state index in [-0.39, 0.29) is 17.8 Å². The van der Waals surface area contributed by atoms with Crippen molar-refractivity contribution in [2.24, 2.45) is 0 Å². The van der Waals surface area contributed by atoms with E-state index >= 15 is 0 Å². The first-order valence-electron chi connectivity index (χ1n) is 8.75. The van der Waals surface area contributed by atoms with E-state index in [2.05, 4.69) is 18.1 Å². The van der Waals surface area contributed by atoms with Crippen LogP contribution in [0.3, 0.4) is 0 Å². The summed E-state index contributed by atoms with van der Waals surface area (Å²) < 4.78 is 4.54. The maximum absolute atomic E-state index is 13.1. The molecule has 2 heterocycles. The highest BCUT2D eigenvalue weighted by Crippen LogP contribution is 2.24. The number of halogens is 1. The molecule has 0 saturated heterocycles. The van der Waals surface area contributed by atoms with Gasteiger partial charge in [-0.05, 0) is 30.7 Å². The SMILES string of the molecule is C=CCn1c(=O)c2c(nc(-c3ccc(Cl)cc3)n2CC=C)n(CCC)c1=O. The Morgan fingerprint density at radius 3 is 2.26 bits per heavy atom. The molecule has 0 aliphatic carbocycles. The monoisotopic (exact) mass is 384 g/mol. The maximum Gasteiger partial charge on any atom is 0.333 e. The molecule has 3 rings (SSSR count). The number of nitrogens with zero attached hydrogens (tertiary/aromatic N) is 4. The Kier molecular flexibility index (Phi) is 5.46. The predicted octanol–water partition coefficient (Wildman–Crippen LogP) is 3.46. The molecule has 0 spiro atoms. The molecule has 0 aliphatic rings. The zero-order valence-electron chi connectivity index (χ0n) is 15.2. The fourth-order valence-electron chi connectivity index (χ4n) is 3.13. The quantitative estimate of drug-likeness (QED) is 0.586. The molecular formula is C20H21ClN4O2. The van der Waals surface area contributed by atoms with Crippen molar-refractivity contribution in [2.45, 2.75) is 33.0 Å². The average molecular weight is 385 g/mol. The highest BCUT2D eigenvalue weighted by molar-refractivity contribution is 6.30. The lowest BCUT2D eigenvalue weighted by Gasteiger charge is -2.10. The van der Waals surface area contributed by atoms with E-state index < -0.39 is 0 Å². The standard InChI is InChI=1S/C20H21ClN4O2/c1-4-11-23-16-18(22-17(23)14-7-9-15(21)10-8-14)24(12-5-2)20(27)25(13-6-3)19(16)26/h4,6-10H,1,3,5,11-13H2,2H3. The number of benzene rings is 1. The molecule has 27 heavy (non-hydrogen) atoms. The van der Waals surface area contributed by atoms with E-state index in [0.29, 0.717) is 35.1 Å². The van der Waals surface area contributed by atoms with Crippen LogP contribution in [0.25, 0.3) is 22.6 Å². The van der Waals surface area contributed by atoms with Crippen molar-refractivity contribution >= 4 is 22.8 Å². The van der Waals surface area contributed by atoms with E-state index in [1.165, 1.54) is 4.57 Å². The molecule has 6 nitrogen and oxygen atoms in total. The molecule has 7 heteroatoms. The van der Waals surface area contributed by atoms with Gasteiger partial charge in [0, 0.05) is 30.2 Å². The molecule has 0 saturated carbocycles. The van der Waals surface area contributed by atoms with Gasteiger partial charge < -0.3 is 4.57 Å². The van der Waals surface area contributed by atoms with Crippen molar-refractivity contribution in [3.63, 3.8) is 0 Å². The van der Waals surface area contributed by atoms with Gasteiger partial charge in [-0.25, -0.2) is 9.78 Å². The van der Waals surface area contributed by atoms with E-state index in [4.69, 9.17) is 11.6 Å². The van der Waals surface area contributed by atoms with Gasteiger partial charge in [-0.3, -0.25) is 13.9 Å². The lowest BCUT2D eigenvalue weighted by molar-refractivity contribution is 0.593. The van der Waals surface area contributed by atoms with Gasteiger partial charge in [-0.1, -0.05) is 30.7 Å². The van der Waals surface area contributed by atoms with E-state index in [1.807, 2.05) is 19.1 Å². The number of aromatic nitrogens is 4. The molecule has 0 aliphatic heterocycles. The molecular weight excluding hydrogens is 364 g/mol. The van der Waals surface area contributed by atoms with Crippen molar-refractivity contribution in [1.29, 1.82) is 0 Å². The molecule has 0 amide bonds. The topological polar surface area (TPSA) is 61.8 Å². The van der Waals surface area contributed by atoms with Crippen LogP contribution in [0.4, 0.5) is 0 Å². The number of hydrogen-bond acceptors (Lipinski definition) is 3. The Bertz CT molecular complexity index is 1120. The first-order chi connectivity index (χ1) is 13.0. The first-order valence-corrected chi connectivity index (χ1v) is 9.12. The molecule has 3 aromatic rings. The third-order valence-electron chi connectivity index (χ3n) is 4.29. The van der Waals surface area contributed by atoms with Crippen LogP contribution in [0.2, 0.25) is 5.02 Å². The number of rotatable bonds is 7. The molecule has 0 unspecified atom stereocenters. The number of hydrogen-bond donors (Lipinski definition) is 0. The highest BCUT2D eigenvalue weighted by atomic mass is 35.5. The van der Waals surface area contributed by atoms with Crippen LogP contribution in [-0.4, -0.2) is 18.7 Å². The molecule has 0 radical (unpaired) electrons. The fourth-order valence-corrected chi connectivity index (χ4v) is 3.26. The Labute approximate surface area is 161 Å². The van der Waals surface area contributed by atoms with Gasteiger partial charge in [0.25, 0.3) is 5.56 Å². The summed E-state index contributed by atoms with van der Waals surface area (Å²) in [5.41, 5.74) is 0.827. The van der Waals surface area contributed by atoms with E-state index in [0.717, 1.165) is 12.0 Å². The molecule has 2 aromatic heterocycles. The van der Waals surface area contributed by atoms with Crippen molar-refractivity contribution in [3.8, 4) is 11.4 Å². The van der Waals surface area contributed by atoms with Crippen LogP contribution in [-0.2, 0) is 19.6 Å². The number of fused-ring (bicyclic) bond motifs is 1. The highest BCUT2D eigenvalue weighted by Gasteiger charge is 2.21.